The van der Waals surface area contributed by atoms with Crippen molar-refractivity contribution in [1.82, 2.24) is 4.90 Å². The van der Waals surface area contributed by atoms with Gasteiger partial charge in [0.25, 0.3) is 11.7 Å². The Morgan fingerprint density at radius 3 is 2.45 bits per heavy atom. The standard InChI is InChI=1S/C23H22ClNO4/c1-14-4-6-15(7-5-14)20-19(21(26)16-8-10-17(24)11-9-16)22(27)23(28)25(20)13-18-3-2-12-29-18/h4-11,18,20,26H,2-3,12-13H2,1H3. The summed E-state index contributed by atoms with van der Waals surface area (Å²) >= 11 is 5.94. The highest BCUT2D eigenvalue weighted by Crippen LogP contribution is 2.40. The number of ether oxygens (including phenoxy) is 1. The number of aliphatic hydroxyl groups excluding tert-OH is 1. The van der Waals surface area contributed by atoms with Crippen LogP contribution in [0.2, 0.25) is 5.02 Å². The normalized spacial score (nSPS) is 23.7. The number of hydrogen-bond acceptors (Lipinski definition) is 4. The fraction of sp³-hybridized carbons (Fsp3) is 0.304. The molecule has 2 unspecified atom stereocenters. The van der Waals surface area contributed by atoms with Crippen molar-refractivity contribution < 1.29 is 19.4 Å². The fourth-order valence-corrected chi connectivity index (χ4v) is 4.06. The molecule has 5 nitrogen and oxygen atoms in total. The topological polar surface area (TPSA) is 66.8 Å². The minimum absolute atomic E-state index is 0.0965. The molecule has 2 saturated heterocycles. The zero-order chi connectivity index (χ0) is 20.5. The van der Waals surface area contributed by atoms with E-state index in [0.717, 1.165) is 24.0 Å². The lowest BCUT2D eigenvalue weighted by molar-refractivity contribution is -0.140. The number of benzene rings is 2. The van der Waals surface area contributed by atoms with Crippen molar-refractivity contribution in [2.45, 2.75) is 31.9 Å². The van der Waals surface area contributed by atoms with Gasteiger partial charge in [0.1, 0.15) is 5.76 Å². The number of hydrogen-bond donors (Lipinski definition) is 1. The van der Waals surface area contributed by atoms with Crippen LogP contribution in [0.25, 0.3) is 5.76 Å². The maximum atomic E-state index is 12.9. The third-order valence-electron chi connectivity index (χ3n) is 5.48. The third kappa shape index (κ3) is 3.80. The number of amides is 1. The van der Waals surface area contributed by atoms with Crippen LogP contribution in [-0.4, -0.2) is 41.0 Å². The summed E-state index contributed by atoms with van der Waals surface area (Å²) in [6.45, 7) is 2.95. The Morgan fingerprint density at radius 2 is 1.83 bits per heavy atom. The summed E-state index contributed by atoms with van der Waals surface area (Å²) < 4.78 is 5.70. The molecule has 0 aromatic heterocycles. The van der Waals surface area contributed by atoms with E-state index in [1.54, 1.807) is 24.3 Å². The maximum Gasteiger partial charge on any atom is 0.295 e. The van der Waals surface area contributed by atoms with Crippen LogP contribution >= 0.6 is 11.6 Å². The predicted molar refractivity (Wildman–Crippen MR) is 111 cm³/mol. The van der Waals surface area contributed by atoms with Crippen LogP contribution in [0, 0.1) is 6.92 Å². The molecule has 2 atom stereocenters. The van der Waals surface area contributed by atoms with Gasteiger partial charge in [-0.2, -0.15) is 0 Å². The summed E-state index contributed by atoms with van der Waals surface area (Å²) in [5.74, 6) is -1.48. The molecule has 0 bridgehead atoms. The molecule has 2 aliphatic rings. The monoisotopic (exact) mass is 411 g/mol. The number of Topliss-reactive ketones (excluding diaryl/α,β-unsaturated/α-hetero) is 1. The number of rotatable bonds is 4. The van der Waals surface area contributed by atoms with Gasteiger partial charge in [0.15, 0.2) is 0 Å². The number of aliphatic hydroxyl groups is 1. The Balaban J connectivity index is 1.81. The lowest BCUT2D eigenvalue weighted by atomic mass is 9.94. The lowest BCUT2D eigenvalue weighted by Gasteiger charge is -2.27. The van der Waals surface area contributed by atoms with Crippen molar-refractivity contribution in [3.8, 4) is 0 Å². The zero-order valence-electron chi connectivity index (χ0n) is 16.1. The van der Waals surface area contributed by atoms with Gasteiger partial charge in [0.2, 0.25) is 0 Å². The number of aryl methyl sites for hydroxylation is 1. The molecular weight excluding hydrogens is 390 g/mol. The van der Waals surface area contributed by atoms with E-state index in [1.165, 1.54) is 4.90 Å². The summed E-state index contributed by atoms with van der Waals surface area (Å²) in [7, 11) is 0. The van der Waals surface area contributed by atoms with E-state index in [-0.39, 0.29) is 17.4 Å². The van der Waals surface area contributed by atoms with Gasteiger partial charge in [-0.1, -0.05) is 41.4 Å². The van der Waals surface area contributed by atoms with Gasteiger partial charge >= 0.3 is 0 Å². The van der Waals surface area contributed by atoms with Crippen molar-refractivity contribution in [2.24, 2.45) is 0 Å². The van der Waals surface area contributed by atoms with Crippen molar-refractivity contribution >= 4 is 29.1 Å². The zero-order valence-corrected chi connectivity index (χ0v) is 16.9. The van der Waals surface area contributed by atoms with Gasteiger partial charge in [-0.3, -0.25) is 9.59 Å². The van der Waals surface area contributed by atoms with Gasteiger partial charge in [-0.25, -0.2) is 0 Å². The van der Waals surface area contributed by atoms with E-state index in [1.807, 2.05) is 31.2 Å². The molecule has 2 aliphatic heterocycles. The highest BCUT2D eigenvalue weighted by Gasteiger charge is 2.47. The first-order valence-corrected chi connectivity index (χ1v) is 10.1. The molecular formula is C23H22ClNO4. The van der Waals surface area contributed by atoms with Crippen LogP contribution in [0.3, 0.4) is 0 Å². The number of carbonyl (C=O) groups is 2. The minimum atomic E-state index is -0.680. The lowest BCUT2D eigenvalue weighted by Crippen LogP contribution is -2.36. The van der Waals surface area contributed by atoms with E-state index < -0.39 is 17.7 Å². The molecule has 1 N–H and O–H groups in total. The van der Waals surface area contributed by atoms with Crippen molar-refractivity contribution in [3.05, 3.63) is 75.8 Å². The Hall–Kier alpha value is -2.63. The maximum absolute atomic E-state index is 12.9. The molecule has 0 radical (unpaired) electrons. The molecule has 0 spiro atoms. The summed E-state index contributed by atoms with van der Waals surface area (Å²) in [6, 6.07) is 13.5. The van der Waals surface area contributed by atoms with Crippen LogP contribution in [0.5, 0.6) is 0 Å². The fourth-order valence-electron chi connectivity index (χ4n) is 3.93. The van der Waals surface area contributed by atoms with Gasteiger partial charge in [0.05, 0.1) is 17.7 Å². The summed E-state index contributed by atoms with van der Waals surface area (Å²) in [5.41, 5.74) is 2.40. The smallest absolute Gasteiger partial charge is 0.295 e. The van der Waals surface area contributed by atoms with E-state index in [0.29, 0.717) is 23.7 Å². The third-order valence-corrected chi connectivity index (χ3v) is 5.73. The molecule has 2 fully saturated rings. The van der Waals surface area contributed by atoms with E-state index in [2.05, 4.69) is 0 Å². The predicted octanol–water partition coefficient (Wildman–Crippen LogP) is 4.25. The first-order valence-electron chi connectivity index (χ1n) is 9.68. The number of carbonyl (C=O) groups excluding carboxylic acids is 2. The molecule has 2 heterocycles. The van der Waals surface area contributed by atoms with E-state index in [4.69, 9.17) is 16.3 Å². The molecule has 6 heteroatoms. The number of nitrogens with zero attached hydrogens (tertiary/aromatic N) is 1. The molecule has 2 aromatic carbocycles. The molecule has 1 amide bonds. The number of likely N-dealkylation sites (tertiary alicyclic amines) is 1. The van der Waals surface area contributed by atoms with Crippen molar-refractivity contribution in [1.29, 1.82) is 0 Å². The second-order valence-electron chi connectivity index (χ2n) is 7.50. The second-order valence-corrected chi connectivity index (χ2v) is 7.94. The molecule has 150 valence electrons. The Morgan fingerprint density at radius 1 is 1.14 bits per heavy atom. The van der Waals surface area contributed by atoms with Crippen LogP contribution in [0.4, 0.5) is 0 Å². The summed E-state index contributed by atoms with van der Waals surface area (Å²) in [5, 5.41) is 11.5. The number of halogens is 1. The molecule has 0 aliphatic carbocycles. The minimum Gasteiger partial charge on any atom is -0.507 e. The van der Waals surface area contributed by atoms with E-state index in [9.17, 15) is 14.7 Å². The molecule has 4 rings (SSSR count). The van der Waals surface area contributed by atoms with Crippen LogP contribution in [0.15, 0.2) is 54.1 Å². The Bertz CT molecular complexity index is 959. The van der Waals surface area contributed by atoms with Crippen LogP contribution < -0.4 is 0 Å². The first-order chi connectivity index (χ1) is 14.0. The second kappa shape index (κ2) is 8.01. The first kappa shape index (κ1) is 19.7. The quantitative estimate of drug-likeness (QED) is 0.464. The summed E-state index contributed by atoms with van der Waals surface area (Å²) in [6.07, 6.45) is 1.69. The SMILES string of the molecule is Cc1ccc(C2C(=C(O)c3ccc(Cl)cc3)C(=O)C(=O)N2CC2CCCO2)cc1. The van der Waals surface area contributed by atoms with Crippen LogP contribution in [-0.2, 0) is 14.3 Å². The highest BCUT2D eigenvalue weighted by molar-refractivity contribution is 6.46. The Kier molecular flexibility index (Phi) is 5.43. The largest absolute Gasteiger partial charge is 0.507 e. The van der Waals surface area contributed by atoms with E-state index >= 15 is 0 Å². The van der Waals surface area contributed by atoms with Gasteiger partial charge in [-0.05, 0) is 49.6 Å². The average molecular weight is 412 g/mol. The van der Waals surface area contributed by atoms with Gasteiger partial charge in [0, 0.05) is 23.7 Å². The molecule has 29 heavy (non-hydrogen) atoms. The summed E-state index contributed by atoms with van der Waals surface area (Å²) in [4.78, 5) is 27.4. The van der Waals surface area contributed by atoms with Crippen LogP contribution in [0.1, 0.15) is 35.6 Å². The van der Waals surface area contributed by atoms with Gasteiger partial charge < -0.3 is 14.7 Å². The number of ketones is 1. The van der Waals surface area contributed by atoms with Crippen molar-refractivity contribution in [3.63, 3.8) is 0 Å². The molecule has 2 aromatic rings. The highest BCUT2D eigenvalue weighted by atomic mass is 35.5. The average Bonchev–Trinajstić information content (AvgIpc) is 3.31. The van der Waals surface area contributed by atoms with Crippen molar-refractivity contribution in [2.75, 3.05) is 13.2 Å². The van der Waals surface area contributed by atoms with Gasteiger partial charge in [-0.15, -0.1) is 0 Å². The Labute approximate surface area is 174 Å². The molecule has 0 saturated carbocycles.